The Balaban J connectivity index is 2.02. The predicted molar refractivity (Wildman–Crippen MR) is 99.3 cm³/mol. The van der Waals surface area contributed by atoms with E-state index in [0.29, 0.717) is 22.2 Å². The molecule has 0 fully saturated rings. The van der Waals surface area contributed by atoms with Gasteiger partial charge in [-0.2, -0.15) is 4.63 Å². The number of benzene rings is 1. The molecule has 0 saturated carbocycles. The molecule has 0 saturated heterocycles. The number of nitrogens with one attached hydrogen (secondary N) is 3. The molecule has 2 heterocycles. The lowest BCUT2D eigenvalue weighted by Gasteiger charge is -2.16. The molecule has 8 heteroatoms. The van der Waals surface area contributed by atoms with Gasteiger partial charge < -0.3 is 10.6 Å². The standard InChI is InChI=1S/C17H21ClN6O/c1-9-6-7-10(8-11(9)20-16(25)19-5)14-21-15-12(18)13(17(2,3)4)22-24(15)23-14/h6-8,22H,1-5H3,(H2,19,20,25). The molecule has 0 atom stereocenters. The molecule has 1 aromatic carbocycles. The number of rotatable bonds is 2. The van der Waals surface area contributed by atoms with Gasteiger partial charge >= 0.3 is 6.03 Å². The van der Waals surface area contributed by atoms with Gasteiger partial charge in [-0.3, -0.25) is 5.10 Å². The smallest absolute Gasteiger partial charge is 0.318 e. The summed E-state index contributed by atoms with van der Waals surface area (Å²) in [6.07, 6.45) is 0. The summed E-state index contributed by atoms with van der Waals surface area (Å²) in [6, 6.07) is 5.40. The lowest BCUT2D eigenvalue weighted by atomic mass is 9.92. The van der Waals surface area contributed by atoms with Crippen LogP contribution in [-0.2, 0) is 5.41 Å². The van der Waals surface area contributed by atoms with E-state index < -0.39 is 0 Å². The predicted octanol–water partition coefficient (Wildman–Crippen LogP) is 3.74. The molecule has 7 nitrogen and oxygen atoms in total. The normalized spacial score (nSPS) is 11.8. The maximum Gasteiger partial charge on any atom is 0.318 e. The highest BCUT2D eigenvalue weighted by Crippen LogP contribution is 2.32. The monoisotopic (exact) mass is 360 g/mol. The number of aromatic nitrogens is 4. The number of aryl methyl sites for hydroxylation is 1. The van der Waals surface area contributed by atoms with E-state index in [1.54, 1.807) is 11.7 Å². The van der Waals surface area contributed by atoms with Gasteiger partial charge in [0.2, 0.25) is 0 Å². The fraction of sp³-hybridized carbons (Fsp3) is 0.353. The summed E-state index contributed by atoms with van der Waals surface area (Å²) in [5.41, 5.74) is 3.79. The average molecular weight is 361 g/mol. The van der Waals surface area contributed by atoms with Crippen LogP contribution in [0.2, 0.25) is 5.02 Å². The van der Waals surface area contributed by atoms with Crippen molar-refractivity contribution in [3.8, 4) is 11.4 Å². The SMILES string of the molecule is CNC(=O)Nc1cc(-c2nc3c(Cl)c(C(C)(C)C)[nH]n3n2)ccc1C. The van der Waals surface area contributed by atoms with Crippen LogP contribution in [0.15, 0.2) is 18.2 Å². The van der Waals surface area contributed by atoms with Crippen molar-refractivity contribution in [2.75, 3.05) is 12.4 Å². The molecular weight excluding hydrogens is 340 g/mol. The minimum absolute atomic E-state index is 0.131. The van der Waals surface area contributed by atoms with Gasteiger partial charge in [0.1, 0.15) is 5.02 Å². The zero-order chi connectivity index (χ0) is 18.4. The molecule has 0 aliphatic carbocycles. The molecule has 3 N–H and O–H groups in total. The van der Waals surface area contributed by atoms with Gasteiger partial charge in [-0.1, -0.05) is 44.5 Å². The van der Waals surface area contributed by atoms with Crippen LogP contribution in [0.5, 0.6) is 0 Å². The molecule has 0 radical (unpaired) electrons. The zero-order valence-corrected chi connectivity index (χ0v) is 15.6. The molecule has 3 rings (SSSR count). The summed E-state index contributed by atoms with van der Waals surface area (Å²) in [5.74, 6) is 0.536. The van der Waals surface area contributed by atoms with E-state index in [1.807, 2.05) is 25.1 Å². The molecule has 0 bridgehead atoms. The third kappa shape index (κ3) is 3.19. The third-order valence-corrected chi connectivity index (χ3v) is 4.32. The van der Waals surface area contributed by atoms with E-state index >= 15 is 0 Å². The van der Waals surface area contributed by atoms with Crippen molar-refractivity contribution in [3.63, 3.8) is 0 Å². The van der Waals surface area contributed by atoms with Crippen molar-refractivity contribution in [2.24, 2.45) is 0 Å². The average Bonchev–Trinajstić information content (AvgIpc) is 3.09. The van der Waals surface area contributed by atoms with Gasteiger partial charge in [-0.05, 0) is 18.6 Å². The Kier molecular flexibility index (Phi) is 4.20. The fourth-order valence-electron chi connectivity index (χ4n) is 2.50. The van der Waals surface area contributed by atoms with Crippen molar-refractivity contribution in [2.45, 2.75) is 33.1 Å². The van der Waals surface area contributed by atoms with Crippen LogP contribution in [0.25, 0.3) is 17.0 Å². The van der Waals surface area contributed by atoms with Crippen molar-refractivity contribution in [3.05, 3.63) is 34.5 Å². The van der Waals surface area contributed by atoms with E-state index in [2.05, 4.69) is 46.6 Å². The van der Waals surface area contributed by atoms with Gasteiger partial charge in [0.05, 0.1) is 5.69 Å². The number of anilines is 1. The van der Waals surface area contributed by atoms with Crippen LogP contribution in [0.3, 0.4) is 0 Å². The van der Waals surface area contributed by atoms with E-state index in [1.165, 1.54) is 0 Å². The topological polar surface area (TPSA) is 87.1 Å². The maximum absolute atomic E-state index is 11.6. The number of carbonyl (C=O) groups is 1. The molecule has 2 aromatic heterocycles. The number of urea groups is 1. The van der Waals surface area contributed by atoms with Crippen LogP contribution in [0.4, 0.5) is 10.5 Å². The second-order valence-corrected chi connectivity index (χ2v) is 7.33. The van der Waals surface area contributed by atoms with E-state index in [0.717, 1.165) is 16.8 Å². The number of fused-ring (bicyclic) bond motifs is 1. The van der Waals surface area contributed by atoms with Crippen molar-refractivity contribution in [1.82, 2.24) is 25.1 Å². The van der Waals surface area contributed by atoms with Crippen LogP contribution < -0.4 is 10.6 Å². The Labute approximate surface area is 150 Å². The number of aromatic amines is 1. The maximum atomic E-state index is 11.6. The number of hydrogen-bond acceptors (Lipinski definition) is 3. The minimum atomic E-state index is -0.275. The van der Waals surface area contributed by atoms with Crippen LogP contribution >= 0.6 is 11.6 Å². The highest BCUT2D eigenvalue weighted by molar-refractivity contribution is 6.34. The van der Waals surface area contributed by atoms with Gasteiger partial charge in [-0.15, -0.1) is 5.10 Å². The van der Waals surface area contributed by atoms with Crippen LogP contribution in [-0.4, -0.2) is 32.9 Å². The first-order chi connectivity index (χ1) is 11.7. The molecule has 25 heavy (non-hydrogen) atoms. The second-order valence-electron chi connectivity index (χ2n) is 6.96. The lowest BCUT2D eigenvalue weighted by molar-refractivity contribution is 0.254. The molecule has 132 valence electrons. The summed E-state index contributed by atoms with van der Waals surface area (Å²) >= 11 is 6.47. The molecule has 3 aromatic rings. The highest BCUT2D eigenvalue weighted by atomic mass is 35.5. The van der Waals surface area contributed by atoms with Crippen molar-refractivity contribution in [1.29, 1.82) is 0 Å². The molecule has 0 aliphatic rings. The molecule has 2 amide bonds. The number of hydrogen-bond donors (Lipinski definition) is 3. The zero-order valence-electron chi connectivity index (χ0n) is 14.9. The fourth-order valence-corrected chi connectivity index (χ4v) is 2.95. The number of H-pyrrole nitrogens is 1. The summed E-state index contributed by atoms with van der Waals surface area (Å²) in [4.78, 5) is 16.1. The van der Waals surface area contributed by atoms with Gasteiger partial charge in [0, 0.05) is 23.7 Å². The van der Waals surface area contributed by atoms with E-state index in [4.69, 9.17) is 11.6 Å². The highest BCUT2D eigenvalue weighted by Gasteiger charge is 2.24. The first-order valence-electron chi connectivity index (χ1n) is 7.95. The van der Waals surface area contributed by atoms with Gasteiger partial charge in [0.15, 0.2) is 11.5 Å². The molecule has 0 aliphatic heterocycles. The van der Waals surface area contributed by atoms with Crippen molar-refractivity contribution >= 4 is 29.0 Å². The van der Waals surface area contributed by atoms with E-state index in [9.17, 15) is 4.79 Å². The Hall–Kier alpha value is -2.54. The Bertz CT molecular complexity index is 950. The third-order valence-electron chi connectivity index (χ3n) is 3.96. The molecular formula is C17H21ClN6O. The number of carbonyl (C=O) groups excluding carboxylic acids is 1. The first-order valence-corrected chi connectivity index (χ1v) is 8.33. The molecule has 0 spiro atoms. The van der Waals surface area contributed by atoms with Gasteiger partial charge in [-0.25, -0.2) is 9.78 Å². The van der Waals surface area contributed by atoms with E-state index in [-0.39, 0.29) is 11.4 Å². The summed E-state index contributed by atoms with van der Waals surface area (Å²) < 4.78 is 1.59. The number of amides is 2. The summed E-state index contributed by atoms with van der Waals surface area (Å²) in [7, 11) is 1.57. The number of halogens is 1. The first kappa shape index (κ1) is 17.3. The molecule has 0 unspecified atom stereocenters. The van der Waals surface area contributed by atoms with Crippen LogP contribution in [0, 0.1) is 6.92 Å². The van der Waals surface area contributed by atoms with Gasteiger partial charge in [0.25, 0.3) is 0 Å². The Morgan fingerprint density at radius 3 is 2.64 bits per heavy atom. The van der Waals surface area contributed by atoms with Crippen molar-refractivity contribution < 1.29 is 4.79 Å². The minimum Gasteiger partial charge on any atom is -0.341 e. The Morgan fingerprint density at radius 1 is 1.32 bits per heavy atom. The second kappa shape index (κ2) is 6.07. The lowest BCUT2D eigenvalue weighted by Crippen LogP contribution is -2.24. The largest absolute Gasteiger partial charge is 0.341 e. The quantitative estimate of drug-likeness (QED) is 0.650. The Morgan fingerprint density at radius 2 is 2.04 bits per heavy atom. The summed E-state index contributed by atoms with van der Waals surface area (Å²) in [6.45, 7) is 8.14. The number of nitrogens with zero attached hydrogens (tertiary/aromatic N) is 3. The van der Waals surface area contributed by atoms with Crippen LogP contribution in [0.1, 0.15) is 32.0 Å². The summed E-state index contributed by atoms with van der Waals surface area (Å²) in [5, 5.41) is 13.6.